The lowest BCUT2D eigenvalue weighted by Crippen LogP contribution is -2.48. The highest BCUT2D eigenvalue weighted by atomic mass is 32.2. The quantitative estimate of drug-likeness (QED) is 0.131. The Balaban J connectivity index is 1.49. The Bertz CT molecular complexity index is 1760. The van der Waals surface area contributed by atoms with Crippen LogP contribution in [0.15, 0.2) is 71.1 Å². The number of aryl methyl sites for hydroxylation is 1. The molecule has 0 aliphatic carbocycles. The van der Waals surface area contributed by atoms with Crippen molar-refractivity contribution in [1.29, 1.82) is 0 Å². The van der Waals surface area contributed by atoms with Gasteiger partial charge in [0.1, 0.15) is 23.0 Å². The van der Waals surface area contributed by atoms with Crippen LogP contribution >= 0.6 is 0 Å². The molecular weight excluding hydrogens is 624 g/mol. The van der Waals surface area contributed by atoms with Crippen LogP contribution in [-0.4, -0.2) is 51.5 Å². The summed E-state index contributed by atoms with van der Waals surface area (Å²) < 4.78 is 47.6. The first-order valence-electron chi connectivity index (χ1n) is 15.1. The molecule has 47 heavy (non-hydrogen) atoms. The Morgan fingerprint density at radius 1 is 0.979 bits per heavy atom. The van der Waals surface area contributed by atoms with Crippen LogP contribution in [0.3, 0.4) is 0 Å². The van der Waals surface area contributed by atoms with E-state index in [0.29, 0.717) is 33.7 Å². The maximum atomic E-state index is 13.2. The van der Waals surface area contributed by atoms with Crippen LogP contribution in [0.1, 0.15) is 57.7 Å². The molecule has 0 radical (unpaired) electrons. The summed E-state index contributed by atoms with van der Waals surface area (Å²) in [6, 6.07) is 18.0. The fourth-order valence-electron chi connectivity index (χ4n) is 5.02. The number of rotatable bonds is 12. The topological polar surface area (TPSA) is 147 Å². The summed E-state index contributed by atoms with van der Waals surface area (Å²) in [5.41, 5.74) is 2.70. The molecule has 3 aromatic carbocycles. The minimum absolute atomic E-state index is 0.109. The van der Waals surface area contributed by atoms with Crippen molar-refractivity contribution in [2.24, 2.45) is 5.92 Å². The van der Waals surface area contributed by atoms with Gasteiger partial charge in [-0.05, 0) is 88.1 Å². The fraction of sp³-hybridized carbons (Fsp3) is 0.343. The zero-order valence-electron chi connectivity index (χ0n) is 27.4. The number of furan rings is 1. The third kappa shape index (κ3) is 8.57. The molecule has 1 amide bonds. The van der Waals surface area contributed by atoms with Crippen molar-refractivity contribution in [3.05, 3.63) is 78.1 Å². The highest BCUT2D eigenvalue weighted by Crippen LogP contribution is 2.34. The molecule has 0 saturated carbocycles. The van der Waals surface area contributed by atoms with E-state index in [1.54, 1.807) is 103 Å². The van der Waals surface area contributed by atoms with Gasteiger partial charge < -0.3 is 28.5 Å². The average Bonchev–Trinajstić information content (AvgIpc) is 3.35. The second-order valence-electron chi connectivity index (χ2n) is 12.1. The van der Waals surface area contributed by atoms with E-state index in [9.17, 15) is 23.1 Å². The Kier molecular flexibility index (Phi) is 11.1. The standard InChI is InChI=1S/C35H40N2O9S/c1-8-43-29(38)20-44-27-10-9-11-28-30(27)22(4)32(45-28)33(39)36-25-16-12-23(13-17-25)24-14-18-26(19-15-24)37(47(41)42)31(21(2)3)34(40)46-35(5,6)7/h9-19,21,31H,8,20H2,1-7H3,(H,36,39)(H,41,42)/p-1. The number of hydrogen-bond donors (Lipinski definition) is 1. The van der Waals surface area contributed by atoms with Crippen molar-refractivity contribution in [1.82, 2.24) is 0 Å². The molecular formula is C35H39N2O9S-. The van der Waals surface area contributed by atoms with Crippen LogP contribution in [0.25, 0.3) is 22.1 Å². The molecule has 0 saturated heterocycles. The van der Waals surface area contributed by atoms with E-state index < -0.39 is 40.8 Å². The van der Waals surface area contributed by atoms with E-state index in [0.717, 1.165) is 15.4 Å². The molecule has 0 bridgehead atoms. The van der Waals surface area contributed by atoms with Gasteiger partial charge in [0.05, 0.1) is 12.0 Å². The molecule has 2 atom stereocenters. The number of ether oxygens (including phenoxy) is 3. The van der Waals surface area contributed by atoms with Gasteiger partial charge in [0.15, 0.2) is 12.4 Å². The van der Waals surface area contributed by atoms with Crippen molar-refractivity contribution >= 4 is 51.5 Å². The Morgan fingerprint density at radius 3 is 2.15 bits per heavy atom. The van der Waals surface area contributed by atoms with Crippen molar-refractivity contribution in [3.63, 3.8) is 0 Å². The lowest BCUT2D eigenvalue weighted by Gasteiger charge is -2.36. The van der Waals surface area contributed by atoms with E-state index in [1.165, 1.54) is 0 Å². The summed E-state index contributed by atoms with van der Waals surface area (Å²) in [4.78, 5) is 37.9. The SMILES string of the molecule is CCOC(=O)COc1cccc2oc(C(=O)Nc3ccc(-c4ccc(N(C(C(=O)OC(C)(C)C)C(C)C)S(=O)[O-])cc4)cc3)c(C)c12. The number of carbonyl (C=O) groups is 3. The number of carbonyl (C=O) groups excluding carboxylic acids is 3. The number of nitrogens with one attached hydrogen (secondary N) is 1. The van der Waals surface area contributed by atoms with E-state index in [-0.39, 0.29) is 24.9 Å². The van der Waals surface area contributed by atoms with Crippen LogP contribution in [0.5, 0.6) is 5.75 Å². The Hall–Kier alpha value is -4.68. The molecule has 4 aromatic rings. The first-order valence-corrected chi connectivity index (χ1v) is 16.2. The van der Waals surface area contributed by atoms with Crippen LogP contribution < -0.4 is 14.4 Å². The maximum absolute atomic E-state index is 13.2. The van der Waals surface area contributed by atoms with Crippen molar-refractivity contribution in [3.8, 4) is 16.9 Å². The van der Waals surface area contributed by atoms with E-state index >= 15 is 0 Å². The van der Waals surface area contributed by atoms with Gasteiger partial charge >= 0.3 is 11.9 Å². The zero-order valence-corrected chi connectivity index (χ0v) is 28.3. The maximum Gasteiger partial charge on any atom is 0.344 e. The molecule has 0 aliphatic heterocycles. The molecule has 250 valence electrons. The van der Waals surface area contributed by atoms with Gasteiger partial charge in [0, 0.05) is 28.2 Å². The Labute approximate surface area is 276 Å². The summed E-state index contributed by atoms with van der Waals surface area (Å²) in [7, 11) is 0. The third-order valence-corrected chi connectivity index (χ3v) is 7.82. The van der Waals surface area contributed by atoms with Gasteiger partial charge in [-0.25, -0.2) is 9.59 Å². The van der Waals surface area contributed by atoms with Gasteiger partial charge in [-0.2, -0.15) is 0 Å². The molecule has 0 aliphatic rings. The summed E-state index contributed by atoms with van der Waals surface area (Å²) >= 11 is -2.73. The van der Waals surface area contributed by atoms with Gasteiger partial charge in [-0.1, -0.05) is 44.2 Å². The molecule has 1 N–H and O–H groups in total. The molecule has 0 spiro atoms. The first kappa shape index (κ1) is 35.2. The normalized spacial score (nSPS) is 12.8. The summed E-state index contributed by atoms with van der Waals surface area (Å²) in [5, 5.41) is 3.43. The smallest absolute Gasteiger partial charge is 0.344 e. The minimum Gasteiger partial charge on any atom is -0.755 e. The summed E-state index contributed by atoms with van der Waals surface area (Å²) in [6.07, 6.45) is 0. The first-order chi connectivity index (χ1) is 22.2. The molecule has 12 heteroatoms. The van der Waals surface area contributed by atoms with Gasteiger partial charge in [0.25, 0.3) is 5.91 Å². The van der Waals surface area contributed by atoms with Crippen LogP contribution in [0.2, 0.25) is 0 Å². The number of amides is 1. The fourth-order valence-corrected chi connectivity index (χ4v) is 5.83. The summed E-state index contributed by atoms with van der Waals surface area (Å²) in [6.45, 7) is 12.1. The number of anilines is 2. The number of benzene rings is 3. The largest absolute Gasteiger partial charge is 0.755 e. The lowest BCUT2D eigenvalue weighted by atomic mass is 10.0. The highest BCUT2D eigenvalue weighted by molar-refractivity contribution is 7.80. The number of nitrogens with zero attached hydrogens (tertiary/aromatic N) is 1. The van der Waals surface area contributed by atoms with E-state index in [1.807, 2.05) is 12.1 Å². The average molecular weight is 664 g/mol. The number of fused-ring (bicyclic) bond motifs is 1. The van der Waals surface area contributed by atoms with E-state index in [4.69, 9.17) is 18.6 Å². The van der Waals surface area contributed by atoms with Crippen molar-refractivity contribution in [2.75, 3.05) is 22.8 Å². The monoisotopic (exact) mass is 663 g/mol. The van der Waals surface area contributed by atoms with Gasteiger partial charge in [0.2, 0.25) is 0 Å². The lowest BCUT2D eigenvalue weighted by molar-refractivity contribution is -0.157. The minimum atomic E-state index is -2.73. The molecule has 2 unspecified atom stereocenters. The second kappa shape index (κ2) is 14.8. The second-order valence-corrected chi connectivity index (χ2v) is 13.0. The zero-order chi connectivity index (χ0) is 34.5. The predicted molar refractivity (Wildman–Crippen MR) is 179 cm³/mol. The Morgan fingerprint density at radius 2 is 1.60 bits per heavy atom. The summed E-state index contributed by atoms with van der Waals surface area (Å²) in [5.74, 6) is -1.41. The van der Waals surface area contributed by atoms with E-state index in [2.05, 4.69) is 5.32 Å². The van der Waals surface area contributed by atoms with Crippen LogP contribution in [-0.2, 0) is 30.3 Å². The number of hydrogen-bond acceptors (Lipinski definition) is 9. The molecule has 4 rings (SSSR count). The molecule has 11 nitrogen and oxygen atoms in total. The molecule has 1 aromatic heterocycles. The third-order valence-electron chi connectivity index (χ3n) is 7.06. The van der Waals surface area contributed by atoms with Crippen LogP contribution in [0, 0.1) is 12.8 Å². The molecule has 1 heterocycles. The predicted octanol–water partition coefficient (Wildman–Crippen LogP) is 6.57. The van der Waals surface area contributed by atoms with Gasteiger partial charge in [-0.15, -0.1) is 0 Å². The number of esters is 2. The molecule has 0 fully saturated rings. The van der Waals surface area contributed by atoms with Crippen molar-refractivity contribution in [2.45, 2.75) is 60.1 Å². The van der Waals surface area contributed by atoms with Crippen LogP contribution in [0.4, 0.5) is 11.4 Å². The van der Waals surface area contributed by atoms with Crippen molar-refractivity contribution < 1.29 is 41.8 Å². The highest BCUT2D eigenvalue weighted by Gasteiger charge is 2.34. The van der Waals surface area contributed by atoms with Gasteiger partial charge in [-0.3, -0.25) is 13.3 Å².